The predicted molar refractivity (Wildman–Crippen MR) is 200 cm³/mol. The van der Waals surface area contributed by atoms with Crippen molar-refractivity contribution in [2.45, 2.75) is 95.3 Å². The number of carboxylic acid groups (broad SMARTS) is 1. The Morgan fingerprint density at radius 3 is 1.37 bits per heavy atom. The Hall–Kier alpha value is -4.16. The molecule has 52 heavy (non-hydrogen) atoms. The zero-order chi connectivity index (χ0) is 36.8. The van der Waals surface area contributed by atoms with Gasteiger partial charge in [0.1, 0.15) is 11.1 Å². The highest BCUT2D eigenvalue weighted by Crippen LogP contribution is 2.30. The molecule has 6 rings (SSSR count). The van der Waals surface area contributed by atoms with Crippen LogP contribution in [0.4, 0.5) is 9.59 Å². The van der Waals surface area contributed by atoms with Gasteiger partial charge in [0.15, 0.2) is 0 Å². The van der Waals surface area contributed by atoms with Gasteiger partial charge in [-0.15, -0.1) is 0 Å². The normalized spacial score (nSPS) is 20.5. The fraction of sp³-hybridized carbons (Fsp3) is 0.600. The van der Waals surface area contributed by atoms with Gasteiger partial charge in [0, 0.05) is 65.4 Å². The van der Waals surface area contributed by atoms with Gasteiger partial charge in [-0.2, -0.15) is 0 Å². The molecule has 0 radical (unpaired) electrons. The van der Waals surface area contributed by atoms with Gasteiger partial charge in [-0.3, -0.25) is 9.80 Å². The second kappa shape index (κ2) is 19.1. The molecule has 3 N–H and O–H groups in total. The zero-order valence-electron chi connectivity index (χ0n) is 30.9. The molecule has 0 bridgehead atoms. The molecule has 0 unspecified atom stereocenters. The number of rotatable bonds is 9. The van der Waals surface area contributed by atoms with Crippen molar-refractivity contribution >= 4 is 24.0 Å². The molecule has 284 valence electrons. The van der Waals surface area contributed by atoms with E-state index in [0.29, 0.717) is 58.5 Å². The summed E-state index contributed by atoms with van der Waals surface area (Å²) in [6.45, 7) is 9.86. The number of urea groups is 2. The summed E-state index contributed by atoms with van der Waals surface area (Å²) in [5.74, 6) is -1.18. The van der Waals surface area contributed by atoms with E-state index in [1.54, 1.807) is 4.90 Å². The molecule has 2 aliphatic carbocycles. The first kappa shape index (κ1) is 39.1. The van der Waals surface area contributed by atoms with Crippen LogP contribution < -0.4 is 10.6 Å². The van der Waals surface area contributed by atoms with Crippen molar-refractivity contribution in [2.24, 2.45) is 0 Å². The average Bonchev–Trinajstić information content (AvgIpc) is 3.17. The standard InChI is InChI=1S/C21H31N3O3.C19H27N3O3/c1-2-27-19(25)21(11-7-4-8-12-21)22-20(26)24-15-13-23(14-16-24)17-18-9-5-3-6-10-18;23-17(24)19(9-5-2-6-10-19)20-18(25)22-13-11-21(12-14-22)15-16-7-3-1-4-8-16/h3,5-6,9-10H,2,4,7-8,11-17H2,1H3,(H,22,26);1,3-4,7-8H,2,5-6,9-15H2,(H,20,25)(H,23,24). The van der Waals surface area contributed by atoms with Crippen LogP contribution in [0.15, 0.2) is 60.7 Å². The van der Waals surface area contributed by atoms with E-state index >= 15 is 0 Å². The third-order valence-electron chi connectivity index (χ3n) is 11.0. The Kier molecular flexibility index (Phi) is 14.3. The van der Waals surface area contributed by atoms with E-state index in [2.05, 4.69) is 56.8 Å². The van der Waals surface area contributed by atoms with Gasteiger partial charge in [-0.05, 0) is 43.7 Å². The summed E-state index contributed by atoms with van der Waals surface area (Å²) in [5, 5.41) is 15.5. The van der Waals surface area contributed by atoms with E-state index in [0.717, 1.165) is 77.8 Å². The second-order valence-electron chi connectivity index (χ2n) is 14.7. The van der Waals surface area contributed by atoms with Gasteiger partial charge in [-0.25, -0.2) is 19.2 Å². The van der Waals surface area contributed by atoms with Crippen molar-refractivity contribution in [3.05, 3.63) is 71.8 Å². The molecule has 4 amide bonds. The summed E-state index contributed by atoms with van der Waals surface area (Å²) in [7, 11) is 0. The lowest BCUT2D eigenvalue weighted by Crippen LogP contribution is -2.61. The fourth-order valence-corrected chi connectivity index (χ4v) is 7.82. The number of amides is 4. The van der Waals surface area contributed by atoms with Crippen molar-refractivity contribution in [3.63, 3.8) is 0 Å². The van der Waals surface area contributed by atoms with Crippen molar-refractivity contribution in [1.82, 2.24) is 30.2 Å². The molecule has 4 aliphatic rings. The largest absolute Gasteiger partial charge is 0.480 e. The van der Waals surface area contributed by atoms with Gasteiger partial charge in [0.25, 0.3) is 0 Å². The topological polar surface area (TPSA) is 135 Å². The maximum absolute atomic E-state index is 12.8. The number of esters is 1. The Labute approximate surface area is 308 Å². The van der Waals surface area contributed by atoms with Crippen LogP contribution in [0.2, 0.25) is 0 Å². The smallest absolute Gasteiger partial charge is 0.331 e. The number of hydrogen-bond acceptors (Lipinski definition) is 7. The highest BCUT2D eigenvalue weighted by atomic mass is 16.5. The van der Waals surface area contributed by atoms with Gasteiger partial charge >= 0.3 is 24.0 Å². The monoisotopic (exact) mass is 718 g/mol. The Bertz CT molecular complexity index is 1430. The van der Waals surface area contributed by atoms with Gasteiger partial charge in [-0.1, -0.05) is 99.2 Å². The van der Waals surface area contributed by atoms with Crippen LogP contribution in [0.25, 0.3) is 0 Å². The molecule has 2 saturated heterocycles. The van der Waals surface area contributed by atoms with Crippen LogP contribution in [0, 0.1) is 0 Å². The molecule has 0 spiro atoms. The minimum atomic E-state index is -1.07. The summed E-state index contributed by atoms with van der Waals surface area (Å²) in [5.41, 5.74) is 0.648. The number of carboxylic acids is 1. The van der Waals surface area contributed by atoms with Crippen LogP contribution in [0.5, 0.6) is 0 Å². The van der Waals surface area contributed by atoms with E-state index in [4.69, 9.17) is 4.74 Å². The quantitative estimate of drug-likeness (QED) is 0.306. The Morgan fingerprint density at radius 2 is 0.981 bits per heavy atom. The molecular formula is C40H58N6O6. The highest BCUT2D eigenvalue weighted by molar-refractivity contribution is 5.88. The molecule has 0 aromatic heterocycles. The summed E-state index contributed by atoms with van der Waals surface area (Å²) in [6.07, 6.45) is 8.17. The molecule has 2 aliphatic heterocycles. The molecule has 0 atom stereocenters. The molecule has 2 saturated carbocycles. The molecule has 4 fully saturated rings. The first-order chi connectivity index (χ1) is 25.2. The fourth-order valence-electron chi connectivity index (χ4n) is 7.82. The average molecular weight is 719 g/mol. The zero-order valence-corrected chi connectivity index (χ0v) is 30.9. The molecule has 12 nitrogen and oxygen atoms in total. The van der Waals surface area contributed by atoms with Crippen molar-refractivity contribution in [2.75, 3.05) is 59.0 Å². The highest BCUT2D eigenvalue weighted by Gasteiger charge is 2.44. The first-order valence-corrected chi connectivity index (χ1v) is 19.3. The van der Waals surface area contributed by atoms with Crippen LogP contribution in [0.1, 0.15) is 82.3 Å². The molecule has 2 aromatic rings. The number of carbonyl (C=O) groups is 4. The van der Waals surface area contributed by atoms with Crippen LogP contribution in [-0.4, -0.2) is 119 Å². The molecule has 2 heterocycles. The Balaban J connectivity index is 0.000000202. The third kappa shape index (κ3) is 10.7. The predicted octanol–water partition coefficient (Wildman–Crippen LogP) is 5.08. The van der Waals surface area contributed by atoms with E-state index in [-0.39, 0.29) is 18.0 Å². The van der Waals surface area contributed by atoms with Gasteiger partial charge in [0.05, 0.1) is 6.61 Å². The summed E-state index contributed by atoms with van der Waals surface area (Å²) in [6, 6.07) is 20.3. The van der Waals surface area contributed by atoms with Crippen molar-refractivity contribution in [1.29, 1.82) is 0 Å². The van der Waals surface area contributed by atoms with E-state index in [1.165, 1.54) is 11.1 Å². The number of nitrogens with zero attached hydrogens (tertiary/aromatic N) is 4. The first-order valence-electron chi connectivity index (χ1n) is 19.3. The molecule has 12 heteroatoms. The van der Waals surface area contributed by atoms with E-state index in [1.807, 2.05) is 36.1 Å². The minimum absolute atomic E-state index is 0.135. The number of benzene rings is 2. The van der Waals surface area contributed by atoms with E-state index < -0.39 is 17.0 Å². The molecule has 2 aromatic carbocycles. The summed E-state index contributed by atoms with van der Waals surface area (Å²) in [4.78, 5) is 57.9. The number of carbonyl (C=O) groups excluding carboxylic acids is 3. The van der Waals surface area contributed by atoms with Crippen molar-refractivity contribution in [3.8, 4) is 0 Å². The van der Waals surface area contributed by atoms with Crippen molar-refractivity contribution < 1.29 is 29.0 Å². The lowest BCUT2D eigenvalue weighted by molar-refractivity contribution is -0.152. The number of ether oxygens (including phenoxy) is 1. The number of nitrogens with one attached hydrogen (secondary N) is 2. The minimum Gasteiger partial charge on any atom is -0.480 e. The third-order valence-corrected chi connectivity index (χ3v) is 11.0. The van der Waals surface area contributed by atoms with E-state index in [9.17, 15) is 24.3 Å². The summed E-state index contributed by atoms with van der Waals surface area (Å²) < 4.78 is 5.28. The SMILES string of the molecule is CCOC(=O)C1(NC(=O)N2CCN(Cc3ccccc3)CC2)CCCCC1.O=C(NC1(C(=O)O)CCCCC1)N1CCN(Cc2ccccc2)CC1. The Morgan fingerprint density at radius 1 is 0.596 bits per heavy atom. The van der Waals surface area contributed by atoms with Crippen LogP contribution in [-0.2, 0) is 27.4 Å². The number of hydrogen-bond donors (Lipinski definition) is 3. The van der Waals surface area contributed by atoms with Crippen LogP contribution in [0.3, 0.4) is 0 Å². The van der Waals surface area contributed by atoms with Gasteiger partial charge in [0.2, 0.25) is 0 Å². The second-order valence-corrected chi connectivity index (χ2v) is 14.7. The summed E-state index contributed by atoms with van der Waals surface area (Å²) >= 11 is 0. The van der Waals surface area contributed by atoms with Gasteiger partial charge < -0.3 is 30.3 Å². The van der Waals surface area contributed by atoms with Crippen LogP contribution >= 0.6 is 0 Å². The number of piperazine rings is 2. The maximum Gasteiger partial charge on any atom is 0.331 e. The maximum atomic E-state index is 12.8. The molecular weight excluding hydrogens is 660 g/mol. The lowest BCUT2D eigenvalue weighted by Gasteiger charge is -2.39. The lowest BCUT2D eigenvalue weighted by atomic mass is 9.81. The number of aliphatic carboxylic acids is 1.